The van der Waals surface area contributed by atoms with Crippen LogP contribution >= 0.6 is 11.6 Å². The predicted octanol–water partition coefficient (Wildman–Crippen LogP) is 2.14. The van der Waals surface area contributed by atoms with E-state index in [9.17, 15) is 5.11 Å². The number of rotatable bonds is 2. The minimum atomic E-state index is -0.675. The first-order valence-electron chi connectivity index (χ1n) is 4.20. The van der Waals surface area contributed by atoms with Gasteiger partial charge in [-0.25, -0.2) is 4.98 Å². The molecule has 3 nitrogen and oxygen atoms in total. The molecular formula is C10H9ClN2O. The van der Waals surface area contributed by atoms with E-state index in [1.165, 1.54) is 0 Å². The van der Waals surface area contributed by atoms with Crippen molar-refractivity contribution in [2.24, 2.45) is 0 Å². The Morgan fingerprint density at radius 2 is 2.29 bits per heavy atom. The standard InChI is InChI=1S/C10H9ClN2O/c11-9-6-7(3-5-13-9)10(14)8-2-1-4-12-8/h1-6,10,12,14H. The molecule has 0 saturated carbocycles. The van der Waals surface area contributed by atoms with Crippen LogP contribution in [0.25, 0.3) is 0 Å². The number of aliphatic hydroxyl groups is 1. The van der Waals surface area contributed by atoms with E-state index in [1.54, 1.807) is 24.5 Å². The van der Waals surface area contributed by atoms with Crippen LogP contribution in [0.1, 0.15) is 17.4 Å². The van der Waals surface area contributed by atoms with E-state index in [4.69, 9.17) is 11.6 Å². The van der Waals surface area contributed by atoms with E-state index in [1.807, 2.05) is 12.1 Å². The third kappa shape index (κ3) is 1.78. The number of aromatic nitrogens is 2. The van der Waals surface area contributed by atoms with Crippen LogP contribution in [0.15, 0.2) is 36.7 Å². The van der Waals surface area contributed by atoms with Gasteiger partial charge in [0.1, 0.15) is 11.3 Å². The zero-order valence-electron chi connectivity index (χ0n) is 7.31. The molecule has 2 rings (SSSR count). The van der Waals surface area contributed by atoms with Crippen molar-refractivity contribution in [3.63, 3.8) is 0 Å². The summed E-state index contributed by atoms with van der Waals surface area (Å²) in [6, 6.07) is 7.03. The molecule has 0 aromatic carbocycles. The predicted molar refractivity (Wildman–Crippen MR) is 54.1 cm³/mol. The van der Waals surface area contributed by atoms with Gasteiger partial charge < -0.3 is 10.1 Å². The van der Waals surface area contributed by atoms with Crippen LogP contribution in [0.3, 0.4) is 0 Å². The first-order chi connectivity index (χ1) is 6.77. The SMILES string of the molecule is OC(c1ccnc(Cl)c1)c1ccc[nH]1. The lowest BCUT2D eigenvalue weighted by Gasteiger charge is -2.08. The van der Waals surface area contributed by atoms with Gasteiger partial charge >= 0.3 is 0 Å². The van der Waals surface area contributed by atoms with Crippen molar-refractivity contribution in [3.05, 3.63) is 53.1 Å². The molecule has 0 saturated heterocycles. The Kier molecular flexibility index (Phi) is 2.52. The van der Waals surface area contributed by atoms with E-state index in [0.717, 1.165) is 11.3 Å². The first kappa shape index (κ1) is 9.24. The maximum atomic E-state index is 9.89. The molecule has 0 amide bonds. The number of hydrogen-bond donors (Lipinski definition) is 2. The van der Waals surface area contributed by atoms with E-state index in [-0.39, 0.29) is 0 Å². The van der Waals surface area contributed by atoms with Crippen LogP contribution < -0.4 is 0 Å². The minimum Gasteiger partial charge on any atom is -0.382 e. The molecule has 0 bridgehead atoms. The number of nitrogens with zero attached hydrogens (tertiary/aromatic N) is 1. The molecule has 72 valence electrons. The summed E-state index contributed by atoms with van der Waals surface area (Å²) in [7, 11) is 0. The quantitative estimate of drug-likeness (QED) is 0.743. The minimum absolute atomic E-state index is 0.383. The summed E-state index contributed by atoms with van der Waals surface area (Å²) >= 11 is 5.72. The third-order valence-corrected chi connectivity index (χ3v) is 2.19. The summed E-state index contributed by atoms with van der Waals surface area (Å²) in [6.45, 7) is 0. The molecule has 0 fully saturated rings. The number of nitrogens with one attached hydrogen (secondary N) is 1. The molecule has 1 atom stereocenters. The Labute approximate surface area is 86.4 Å². The molecule has 0 aliphatic heterocycles. The van der Waals surface area contributed by atoms with Crippen molar-refractivity contribution < 1.29 is 5.11 Å². The number of halogens is 1. The third-order valence-electron chi connectivity index (χ3n) is 1.98. The number of pyridine rings is 1. The fourth-order valence-corrected chi connectivity index (χ4v) is 1.46. The lowest BCUT2D eigenvalue weighted by Crippen LogP contribution is -1.99. The van der Waals surface area contributed by atoms with Crippen molar-refractivity contribution in [1.82, 2.24) is 9.97 Å². The molecular weight excluding hydrogens is 200 g/mol. The number of aliphatic hydroxyl groups excluding tert-OH is 1. The maximum absolute atomic E-state index is 9.89. The second-order valence-electron chi connectivity index (χ2n) is 2.94. The van der Waals surface area contributed by atoms with E-state index in [0.29, 0.717) is 5.15 Å². The summed E-state index contributed by atoms with van der Waals surface area (Å²) < 4.78 is 0. The Morgan fingerprint density at radius 3 is 2.93 bits per heavy atom. The fraction of sp³-hybridized carbons (Fsp3) is 0.100. The summed E-state index contributed by atoms with van der Waals surface area (Å²) in [5, 5.41) is 10.3. The summed E-state index contributed by atoms with van der Waals surface area (Å²) in [4.78, 5) is 6.79. The van der Waals surface area contributed by atoms with Crippen LogP contribution in [0.4, 0.5) is 0 Å². The van der Waals surface area contributed by atoms with Crippen molar-refractivity contribution in [2.45, 2.75) is 6.10 Å². The van der Waals surface area contributed by atoms with E-state index < -0.39 is 6.10 Å². The van der Waals surface area contributed by atoms with Crippen LogP contribution in [-0.4, -0.2) is 15.1 Å². The highest BCUT2D eigenvalue weighted by atomic mass is 35.5. The normalized spacial score (nSPS) is 12.7. The van der Waals surface area contributed by atoms with E-state index in [2.05, 4.69) is 9.97 Å². The van der Waals surface area contributed by atoms with Gasteiger partial charge in [0.25, 0.3) is 0 Å². The van der Waals surface area contributed by atoms with Gasteiger partial charge in [0.2, 0.25) is 0 Å². The molecule has 4 heteroatoms. The molecule has 1 unspecified atom stereocenters. The van der Waals surface area contributed by atoms with Crippen molar-refractivity contribution in [2.75, 3.05) is 0 Å². The second kappa shape index (κ2) is 3.82. The Balaban J connectivity index is 2.32. The molecule has 2 heterocycles. The van der Waals surface area contributed by atoms with Crippen molar-refractivity contribution in [1.29, 1.82) is 0 Å². The molecule has 0 radical (unpaired) electrons. The van der Waals surface area contributed by atoms with Gasteiger partial charge in [-0.2, -0.15) is 0 Å². The number of aromatic amines is 1. The Morgan fingerprint density at radius 1 is 1.43 bits per heavy atom. The molecule has 0 aliphatic rings. The second-order valence-corrected chi connectivity index (χ2v) is 3.33. The summed E-state index contributed by atoms with van der Waals surface area (Å²) in [5.41, 5.74) is 1.47. The molecule has 2 N–H and O–H groups in total. The Hall–Kier alpha value is -1.32. The van der Waals surface area contributed by atoms with Gasteiger partial charge in [0.15, 0.2) is 0 Å². The fourth-order valence-electron chi connectivity index (χ4n) is 1.28. The van der Waals surface area contributed by atoms with Crippen LogP contribution in [0.2, 0.25) is 5.15 Å². The lowest BCUT2D eigenvalue weighted by molar-refractivity contribution is 0.216. The molecule has 14 heavy (non-hydrogen) atoms. The van der Waals surface area contributed by atoms with Crippen molar-refractivity contribution in [3.8, 4) is 0 Å². The summed E-state index contributed by atoms with van der Waals surface area (Å²) in [6.07, 6.45) is 2.66. The van der Waals surface area contributed by atoms with Gasteiger partial charge in [-0.05, 0) is 29.8 Å². The average molecular weight is 209 g/mol. The van der Waals surface area contributed by atoms with Gasteiger partial charge in [0.05, 0.1) is 0 Å². The monoisotopic (exact) mass is 208 g/mol. The number of H-pyrrole nitrogens is 1. The van der Waals surface area contributed by atoms with Crippen LogP contribution in [0, 0.1) is 0 Å². The first-order valence-corrected chi connectivity index (χ1v) is 4.58. The van der Waals surface area contributed by atoms with E-state index >= 15 is 0 Å². The van der Waals surface area contributed by atoms with Gasteiger partial charge in [-0.3, -0.25) is 0 Å². The highest BCUT2D eigenvalue weighted by molar-refractivity contribution is 6.29. The zero-order chi connectivity index (χ0) is 9.97. The lowest BCUT2D eigenvalue weighted by atomic mass is 10.1. The Bertz CT molecular complexity index is 414. The molecule has 0 aliphatic carbocycles. The largest absolute Gasteiger partial charge is 0.382 e. The van der Waals surface area contributed by atoms with Crippen LogP contribution in [0.5, 0.6) is 0 Å². The number of hydrogen-bond acceptors (Lipinski definition) is 2. The average Bonchev–Trinajstić information content (AvgIpc) is 2.69. The van der Waals surface area contributed by atoms with Gasteiger partial charge in [-0.1, -0.05) is 11.6 Å². The molecule has 0 spiro atoms. The van der Waals surface area contributed by atoms with Crippen molar-refractivity contribution >= 4 is 11.6 Å². The summed E-state index contributed by atoms with van der Waals surface area (Å²) in [5.74, 6) is 0. The zero-order valence-corrected chi connectivity index (χ0v) is 8.07. The topological polar surface area (TPSA) is 48.9 Å². The maximum Gasteiger partial charge on any atom is 0.129 e. The van der Waals surface area contributed by atoms with Gasteiger partial charge in [-0.15, -0.1) is 0 Å². The highest BCUT2D eigenvalue weighted by Gasteiger charge is 2.10. The van der Waals surface area contributed by atoms with Gasteiger partial charge in [0, 0.05) is 18.1 Å². The smallest absolute Gasteiger partial charge is 0.129 e. The molecule has 2 aromatic heterocycles. The highest BCUT2D eigenvalue weighted by Crippen LogP contribution is 2.21. The van der Waals surface area contributed by atoms with Crippen LogP contribution in [-0.2, 0) is 0 Å². The molecule has 2 aromatic rings.